The second-order valence-electron chi connectivity index (χ2n) is 7.19. The predicted octanol–water partition coefficient (Wildman–Crippen LogP) is 2.90. The quantitative estimate of drug-likeness (QED) is 0.307. The first-order chi connectivity index (χ1) is 16.9. The van der Waals surface area contributed by atoms with E-state index in [1.54, 1.807) is 75.4 Å². The summed E-state index contributed by atoms with van der Waals surface area (Å²) in [5.41, 5.74) is 1.47. The zero-order chi connectivity index (χ0) is 25.2. The molecule has 35 heavy (non-hydrogen) atoms. The molecule has 0 bridgehead atoms. The molecular weight excluding hydrogens is 470 g/mol. The van der Waals surface area contributed by atoms with E-state index in [1.165, 1.54) is 17.8 Å². The average molecular weight is 498 g/mol. The standard InChI is InChI=1S/C24H27N5O5S/c1-29-21(14-25-22(30)12-6-16-5-11-19(33-3)20(13-16)34-4)27-28-24(29)35-15-23(31)26-17-7-9-18(32-2)10-8-17/h5-13H,14-15H2,1-4H3,(H,25,30)(H,26,31)/b12-6+. The maximum Gasteiger partial charge on any atom is 0.244 e. The molecule has 0 spiro atoms. The molecule has 0 saturated carbocycles. The normalized spacial score (nSPS) is 10.7. The number of carbonyl (C=O) groups is 2. The second kappa shape index (κ2) is 12.5. The number of ether oxygens (including phenoxy) is 3. The third kappa shape index (κ3) is 7.24. The first kappa shape index (κ1) is 25.6. The summed E-state index contributed by atoms with van der Waals surface area (Å²) in [6.45, 7) is 0.192. The molecule has 10 nitrogen and oxygen atoms in total. The fourth-order valence-corrected chi connectivity index (χ4v) is 3.71. The van der Waals surface area contributed by atoms with Crippen LogP contribution in [0.5, 0.6) is 17.2 Å². The van der Waals surface area contributed by atoms with Crippen LogP contribution in [-0.2, 0) is 23.2 Å². The molecule has 2 amide bonds. The van der Waals surface area contributed by atoms with E-state index in [9.17, 15) is 9.59 Å². The summed E-state index contributed by atoms with van der Waals surface area (Å²) < 4.78 is 17.3. The van der Waals surface area contributed by atoms with Gasteiger partial charge in [0, 0.05) is 18.8 Å². The van der Waals surface area contributed by atoms with Gasteiger partial charge in [0.2, 0.25) is 11.8 Å². The number of anilines is 1. The maximum absolute atomic E-state index is 12.2. The monoisotopic (exact) mass is 497 g/mol. The number of thioether (sulfide) groups is 1. The number of carbonyl (C=O) groups excluding carboxylic acids is 2. The summed E-state index contributed by atoms with van der Waals surface area (Å²) in [6, 6.07) is 12.5. The average Bonchev–Trinajstić information content (AvgIpc) is 3.24. The summed E-state index contributed by atoms with van der Waals surface area (Å²) >= 11 is 1.25. The molecule has 1 heterocycles. The number of hydrogen-bond donors (Lipinski definition) is 2. The first-order valence-corrected chi connectivity index (χ1v) is 11.5. The molecule has 0 aliphatic rings. The van der Waals surface area contributed by atoms with Crippen LogP contribution in [0.25, 0.3) is 6.08 Å². The zero-order valence-electron chi connectivity index (χ0n) is 19.9. The van der Waals surface area contributed by atoms with E-state index in [4.69, 9.17) is 14.2 Å². The van der Waals surface area contributed by atoms with Crippen molar-refractivity contribution < 1.29 is 23.8 Å². The van der Waals surface area contributed by atoms with Gasteiger partial charge in [0.05, 0.1) is 33.6 Å². The van der Waals surface area contributed by atoms with Gasteiger partial charge in [-0.3, -0.25) is 9.59 Å². The van der Waals surface area contributed by atoms with Crippen molar-refractivity contribution in [2.45, 2.75) is 11.7 Å². The summed E-state index contributed by atoms with van der Waals surface area (Å²) in [5.74, 6) is 2.19. The minimum absolute atomic E-state index is 0.165. The Labute approximate surface area is 207 Å². The molecule has 1 aromatic heterocycles. The third-order valence-electron chi connectivity index (χ3n) is 4.89. The van der Waals surface area contributed by atoms with E-state index in [0.29, 0.717) is 33.9 Å². The summed E-state index contributed by atoms with van der Waals surface area (Å²) in [5, 5.41) is 14.4. The highest BCUT2D eigenvalue weighted by atomic mass is 32.2. The molecular formula is C24H27N5O5S. The topological polar surface area (TPSA) is 117 Å². The fraction of sp³-hybridized carbons (Fsp3) is 0.250. The second-order valence-corrected chi connectivity index (χ2v) is 8.13. The lowest BCUT2D eigenvalue weighted by Gasteiger charge is -2.07. The Kier molecular flexibility index (Phi) is 9.13. The van der Waals surface area contributed by atoms with Gasteiger partial charge >= 0.3 is 0 Å². The highest BCUT2D eigenvalue weighted by Crippen LogP contribution is 2.28. The molecule has 184 valence electrons. The lowest BCUT2D eigenvalue weighted by molar-refractivity contribution is -0.116. The van der Waals surface area contributed by atoms with Gasteiger partial charge in [-0.2, -0.15) is 0 Å². The highest BCUT2D eigenvalue weighted by Gasteiger charge is 2.12. The Morgan fingerprint density at radius 3 is 2.43 bits per heavy atom. The van der Waals surface area contributed by atoms with Crippen molar-refractivity contribution in [1.82, 2.24) is 20.1 Å². The molecule has 0 aliphatic carbocycles. The van der Waals surface area contributed by atoms with Gasteiger partial charge in [-0.05, 0) is 48.0 Å². The lowest BCUT2D eigenvalue weighted by atomic mass is 10.2. The number of hydrogen-bond acceptors (Lipinski definition) is 8. The van der Waals surface area contributed by atoms with E-state index in [0.717, 1.165) is 5.56 Å². The summed E-state index contributed by atoms with van der Waals surface area (Å²) in [7, 11) is 6.49. The van der Waals surface area contributed by atoms with E-state index >= 15 is 0 Å². The molecule has 0 aliphatic heterocycles. The number of amides is 2. The first-order valence-electron chi connectivity index (χ1n) is 10.6. The molecule has 0 radical (unpaired) electrons. The molecule has 0 fully saturated rings. The van der Waals surface area contributed by atoms with Crippen molar-refractivity contribution in [2.75, 3.05) is 32.4 Å². The van der Waals surface area contributed by atoms with Gasteiger partial charge in [0.1, 0.15) is 5.75 Å². The van der Waals surface area contributed by atoms with Gasteiger partial charge in [0.15, 0.2) is 22.5 Å². The Morgan fingerprint density at radius 1 is 1.00 bits per heavy atom. The van der Waals surface area contributed by atoms with Gasteiger partial charge in [-0.25, -0.2) is 0 Å². The van der Waals surface area contributed by atoms with Crippen LogP contribution in [0.15, 0.2) is 53.7 Å². The third-order valence-corrected chi connectivity index (χ3v) is 5.91. The number of benzene rings is 2. The number of nitrogens with zero attached hydrogens (tertiary/aromatic N) is 3. The van der Waals surface area contributed by atoms with Crippen molar-refractivity contribution in [3.63, 3.8) is 0 Å². The van der Waals surface area contributed by atoms with Gasteiger partial charge in [0.25, 0.3) is 0 Å². The smallest absolute Gasteiger partial charge is 0.244 e. The van der Waals surface area contributed by atoms with Crippen molar-refractivity contribution in [3.8, 4) is 17.2 Å². The Hall–Kier alpha value is -3.99. The zero-order valence-corrected chi connectivity index (χ0v) is 20.7. The molecule has 0 saturated heterocycles. The van der Waals surface area contributed by atoms with Crippen molar-refractivity contribution in [3.05, 3.63) is 59.9 Å². The Bertz CT molecular complexity index is 1190. The Balaban J connectivity index is 1.48. The van der Waals surface area contributed by atoms with Gasteiger partial charge in [-0.1, -0.05) is 17.8 Å². The fourth-order valence-electron chi connectivity index (χ4n) is 2.98. The number of nitrogens with one attached hydrogen (secondary N) is 2. The van der Waals surface area contributed by atoms with Crippen LogP contribution in [0, 0.1) is 0 Å². The van der Waals surface area contributed by atoms with Crippen molar-refractivity contribution in [2.24, 2.45) is 7.05 Å². The van der Waals surface area contributed by atoms with E-state index in [-0.39, 0.29) is 24.1 Å². The molecule has 2 N–H and O–H groups in total. The van der Waals surface area contributed by atoms with Crippen LogP contribution in [0.4, 0.5) is 5.69 Å². The van der Waals surface area contributed by atoms with Crippen LogP contribution < -0.4 is 24.8 Å². The van der Waals surface area contributed by atoms with Crippen molar-refractivity contribution >= 4 is 35.3 Å². The van der Waals surface area contributed by atoms with Crippen LogP contribution in [-0.4, -0.2) is 53.7 Å². The SMILES string of the molecule is COc1ccc(NC(=O)CSc2nnc(CNC(=O)/C=C/c3ccc(OC)c(OC)c3)n2C)cc1. The Morgan fingerprint density at radius 2 is 1.74 bits per heavy atom. The summed E-state index contributed by atoms with van der Waals surface area (Å²) in [6.07, 6.45) is 3.10. The van der Waals surface area contributed by atoms with Crippen LogP contribution in [0.1, 0.15) is 11.4 Å². The van der Waals surface area contributed by atoms with E-state index < -0.39 is 0 Å². The predicted molar refractivity (Wildman–Crippen MR) is 134 cm³/mol. The lowest BCUT2D eigenvalue weighted by Crippen LogP contribution is -2.22. The number of methoxy groups -OCH3 is 3. The highest BCUT2D eigenvalue weighted by molar-refractivity contribution is 7.99. The molecule has 0 atom stereocenters. The summed E-state index contributed by atoms with van der Waals surface area (Å²) in [4.78, 5) is 24.5. The molecule has 3 rings (SSSR count). The van der Waals surface area contributed by atoms with E-state index in [1.807, 2.05) is 6.07 Å². The molecule has 2 aromatic carbocycles. The molecule has 11 heteroatoms. The molecule has 3 aromatic rings. The van der Waals surface area contributed by atoms with Gasteiger partial charge < -0.3 is 29.4 Å². The van der Waals surface area contributed by atoms with Crippen LogP contribution in [0.3, 0.4) is 0 Å². The van der Waals surface area contributed by atoms with E-state index in [2.05, 4.69) is 20.8 Å². The maximum atomic E-state index is 12.2. The van der Waals surface area contributed by atoms with Crippen LogP contribution in [0.2, 0.25) is 0 Å². The van der Waals surface area contributed by atoms with Crippen molar-refractivity contribution in [1.29, 1.82) is 0 Å². The number of aromatic nitrogens is 3. The van der Waals surface area contributed by atoms with Gasteiger partial charge in [-0.15, -0.1) is 10.2 Å². The van der Waals surface area contributed by atoms with Crippen LogP contribution >= 0.6 is 11.8 Å². The minimum Gasteiger partial charge on any atom is -0.497 e. The molecule has 0 unspecified atom stereocenters. The largest absolute Gasteiger partial charge is 0.497 e. The minimum atomic E-state index is -0.282. The number of rotatable bonds is 11.